The minimum absolute atomic E-state index is 0.224. The number of carboxylic acids is 1. The molecule has 0 saturated heterocycles. The Balaban J connectivity index is 1.56. The van der Waals surface area contributed by atoms with Crippen LogP contribution in [0.4, 0.5) is 4.39 Å². The first-order valence-electron chi connectivity index (χ1n) is 11.8. The van der Waals surface area contributed by atoms with Gasteiger partial charge in [-0.15, -0.1) is 0 Å². The topological polar surface area (TPSA) is 64.4 Å². The van der Waals surface area contributed by atoms with Crippen LogP contribution in [-0.4, -0.2) is 34.1 Å². The fourth-order valence-corrected chi connectivity index (χ4v) is 4.89. The Morgan fingerprint density at radius 3 is 2.42 bits per heavy atom. The predicted molar refractivity (Wildman–Crippen MR) is 126 cm³/mol. The van der Waals surface area contributed by atoms with Gasteiger partial charge in [0.1, 0.15) is 18.1 Å². The molecule has 3 aromatic rings. The monoisotopic (exact) mass is 450 g/mol. The summed E-state index contributed by atoms with van der Waals surface area (Å²) in [5, 5.41) is 13.8. The molecule has 33 heavy (non-hydrogen) atoms. The van der Waals surface area contributed by atoms with Crippen LogP contribution in [-0.2, 0) is 22.5 Å². The number of carboxylic acid groups (broad SMARTS) is 1. The molecule has 0 atom stereocenters. The lowest BCUT2D eigenvalue weighted by atomic mass is 9.82. The van der Waals surface area contributed by atoms with Crippen molar-refractivity contribution in [2.75, 3.05) is 13.2 Å². The highest BCUT2D eigenvalue weighted by Crippen LogP contribution is 2.37. The highest BCUT2D eigenvalue weighted by Gasteiger charge is 2.25. The number of hydrogen-bond donors (Lipinski definition) is 1. The van der Waals surface area contributed by atoms with E-state index in [1.165, 1.54) is 6.07 Å². The summed E-state index contributed by atoms with van der Waals surface area (Å²) in [7, 11) is 0. The van der Waals surface area contributed by atoms with E-state index in [1.807, 2.05) is 24.3 Å². The molecule has 1 N–H and O–H groups in total. The van der Waals surface area contributed by atoms with E-state index in [2.05, 4.69) is 23.7 Å². The molecular weight excluding hydrogens is 419 g/mol. The van der Waals surface area contributed by atoms with E-state index in [9.17, 15) is 9.18 Å². The van der Waals surface area contributed by atoms with E-state index >= 15 is 0 Å². The second-order valence-electron chi connectivity index (χ2n) is 8.88. The Labute approximate surface area is 194 Å². The Hall–Kier alpha value is -2.99. The van der Waals surface area contributed by atoms with Gasteiger partial charge in [-0.3, -0.25) is 4.68 Å². The largest absolute Gasteiger partial charge is 0.480 e. The maximum absolute atomic E-state index is 14.1. The van der Waals surface area contributed by atoms with Crippen molar-refractivity contribution < 1.29 is 19.0 Å². The highest BCUT2D eigenvalue weighted by molar-refractivity contribution is 5.82. The van der Waals surface area contributed by atoms with Gasteiger partial charge in [-0.1, -0.05) is 49.4 Å². The summed E-state index contributed by atoms with van der Waals surface area (Å²) in [5.74, 6) is -0.232. The van der Waals surface area contributed by atoms with Crippen LogP contribution in [0.5, 0.6) is 0 Å². The molecule has 1 aliphatic carbocycles. The van der Waals surface area contributed by atoms with Crippen molar-refractivity contribution in [3.8, 4) is 22.4 Å². The number of benzene rings is 2. The number of ether oxygens (including phenoxy) is 1. The molecule has 4 rings (SSSR count). The number of rotatable bonds is 9. The lowest BCUT2D eigenvalue weighted by Gasteiger charge is -2.28. The number of nitrogens with zero attached hydrogens (tertiary/aromatic N) is 2. The molecule has 5 nitrogen and oxygen atoms in total. The Kier molecular flexibility index (Phi) is 7.55. The standard InChI is InChI=1S/C27H31FN2O3/c1-2-24-26(22-9-6-10-23(28)15-22)27(21-7-4-3-5-8-21)29-30(24)16-19-11-13-20(14-12-19)17-33-18-25(31)32/h3-10,15,19-20H,2,11-14,16-18H2,1H3,(H,31,32)/t19-,20-. The summed E-state index contributed by atoms with van der Waals surface area (Å²) in [4.78, 5) is 10.7. The van der Waals surface area contributed by atoms with Gasteiger partial charge in [0.05, 0.1) is 6.61 Å². The summed E-state index contributed by atoms with van der Waals surface area (Å²) in [6.07, 6.45) is 5.02. The summed E-state index contributed by atoms with van der Waals surface area (Å²) in [5.41, 5.74) is 4.93. The molecule has 1 saturated carbocycles. The molecule has 1 aromatic heterocycles. The van der Waals surface area contributed by atoms with Gasteiger partial charge in [-0.05, 0) is 61.6 Å². The van der Waals surface area contributed by atoms with E-state index in [0.29, 0.717) is 18.4 Å². The summed E-state index contributed by atoms with van der Waals surface area (Å²) in [6, 6.07) is 16.9. The molecule has 0 aliphatic heterocycles. The molecule has 174 valence electrons. The second kappa shape index (κ2) is 10.8. The fraction of sp³-hybridized carbons (Fsp3) is 0.407. The SMILES string of the molecule is CCc1c(-c2cccc(F)c2)c(-c2ccccc2)nn1C[C@H]1CC[C@H](COCC(=O)O)CC1. The minimum atomic E-state index is -0.919. The first-order chi connectivity index (χ1) is 16.0. The first-order valence-corrected chi connectivity index (χ1v) is 11.8. The maximum atomic E-state index is 14.1. The summed E-state index contributed by atoms with van der Waals surface area (Å²) >= 11 is 0. The van der Waals surface area contributed by atoms with Crippen LogP contribution in [0.25, 0.3) is 22.4 Å². The van der Waals surface area contributed by atoms with Crippen molar-refractivity contribution in [3.05, 3.63) is 66.1 Å². The summed E-state index contributed by atoms with van der Waals surface area (Å²) < 4.78 is 21.5. The van der Waals surface area contributed by atoms with E-state index < -0.39 is 5.97 Å². The summed E-state index contributed by atoms with van der Waals surface area (Å²) in [6.45, 7) is 3.25. The van der Waals surface area contributed by atoms with Crippen LogP contribution in [0, 0.1) is 17.7 Å². The Bertz CT molecular complexity index is 1070. The first kappa shape index (κ1) is 23.2. The second-order valence-corrected chi connectivity index (χ2v) is 8.88. The number of hydrogen-bond acceptors (Lipinski definition) is 3. The van der Waals surface area contributed by atoms with Gasteiger partial charge in [0.2, 0.25) is 0 Å². The maximum Gasteiger partial charge on any atom is 0.329 e. The van der Waals surface area contributed by atoms with Gasteiger partial charge in [0.15, 0.2) is 0 Å². The molecule has 6 heteroatoms. The third-order valence-electron chi connectivity index (χ3n) is 6.53. The van der Waals surface area contributed by atoms with Crippen molar-refractivity contribution in [2.24, 2.45) is 11.8 Å². The molecule has 0 radical (unpaired) electrons. The lowest BCUT2D eigenvalue weighted by molar-refractivity contribution is -0.142. The van der Waals surface area contributed by atoms with E-state index in [0.717, 1.165) is 66.7 Å². The lowest BCUT2D eigenvalue weighted by Crippen LogP contribution is -2.23. The number of carbonyl (C=O) groups is 1. The van der Waals surface area contributed by atoms with Crippen LogP contribution >= 0.6 is 0 Å². The number of halogens is 1. The third-order valence-corrected chi connectivity index (χ3v) is 6.53. The fourth-order valence-electron chi connectivity index (χ4n) is 4.89. The molecule has 1 fully saturated rings. The average Bonchev–Trinajstić information content (AvgIpc) is 3.18. The number of aliphatic carboxylic acids is 1. The highest BCUT2D eigenvalue weighted by atomic mass is 19.1. The quantitative estimate of drug-likeness (QED) is 0.446. The van der Waals surface area contributed by atoms with Crippen molar-refractivity contribution >= 4 is 5.97 Å². The molecular formula is C27H31FN2O3. The number of aromatic nitrogens is 2. The van der Waals surface area contributed by atoms with E-state index in [-0.39, 0.29) is 12.4 Å². The van der Waals surface area contributed by atoms with Crippen molar-refractivity contribution in [2.45, 2.75) is 45.6 Å². The third kappa shape index (κ3) is 5.69. The van der Waals surface area contributed by atoms with Gasteiger partial charge < -0.3 is 9.84 Å². The average molecular weight is 451 g/mol. The van der Waals surface area contributed by atoms with Gasteiger partial charge >= 0.3 is 5.97 Å². The van der Waals surface area contributed by atoms with Crippen molar-refractivity contribution in [1.29, 1.82) is 0 Å². The molecule has 0 bridgehead atoms. The van der Waals surface area contributed by atoms with Gasteiger partial charge in [-0.2, -0.15) is 5.10 Å². The zero-order valence-corrected chi connectivity index (χ0v) is 19.0. The van der Waals surface area contributed by atoms with Crippen LogP contribution in [0.15, 0.2) is 54.6 Å². The van der Waals surface area contributed by atoms with Crippen LogP contribution < -0.4 is 0 Å². The van der Waals surface area contributed by atoms with Crippen molar-refractivity contribution in [3.63, 3.8) is 0 Å². The molecule has 0 spiro atoms. The van der Waals surface area contributed by atoms with Crippen LogP contribution in [0.2, 0.25) is 0 Å². The van der Waals surface area contributed by atoms with Gasteiger partial charge in [0, 0.05) is 23.4 Å². The Morgan fingerprint density at radius 1 is 1.06 bits per heavy atom. The normalized spacial score (nSPS) is 18.4. The molecule has 2 aromatic carbocycles. The smallest absolute Gasteiger partial charge is 0.329 e. The van der Waals surface area contributed by atoms with E-state index in [1.54, 1.807) is 12.1 Å². The predicted octanol–water partition coefficient (Wildman–Crippen LogP) is 5.83. The zero-order valence-electron chi connectivity index (χ0n) is 19.0. The minimum Gasteiger partial charge on any atom is -0.480 e. The van der Waals surface area contributed by atoms with Gasteiger partial charge in [0.25, 0.3) is 0 Å². The Morgan fingerprint density at radius 2 is 1.76 bits per heavy atom. The van der Waals surface area contributed by atoms with Crippen molar-refractivity contribution in [1.82, 2.24) is 9.78 Å². The molecule has 0 amide bonds. The molecule has 1 heterocycles. The van der Waals surface area contributed by atoms with E-state index in [4.69, 9.17) is 14.9 Å². The zero-order chi connectivity index (χ0) is 23.2. The van der Waals surface area contributed by atoms with Gasteiger partial charge in [-0.25, -0.2) is 9.18 Å². The van der Waals surface area contributed by atoms with Crippen LogP contribution in [0.3, 0.4) is 0 Å². The molecule has 1 aliphatic rings. The van der Waals surface area contributed by atoms with Crippen LogP contribution in [0.1, 0.15) is 38.3 Å². The molecule has 0 unspecified atom stereocenters.